The predicted octanol–water partition coefficient (Wildman–Crippen LogP) is 9.98. The Morgan fingerprint density at radius 3 is 1.97 bits per heavy atom. The number of allylic oxidation sites excluding steroid dienone is 2. The average Bonchev–Trinajstić information content (AvgIpc) is 2.77. The summed E-state index contributed by atoms with van der Waals surface area (Å²) in [5, 5.41) is 0. The van der Waals surface area contributed by atoms with E-state index in [1.54, 1.807) is 0 Å². The monoisotopic (exact) mass is 470 g/mol. The van der Waals surface area contributed by atoms with E-state index in [0.29, 0.717) is 11.5 Å². The molecule has 5 heteroatoms. The van der Waals surface area contributed by atoms with Gasteiger partial charge in [-0.15, -0.1) is 0 Å². The van der Waals surface area contributed by atoms with Gasteiger partial charge in [0.25, 0.3) is 0 Å². The Morgan fingerprint density at radius 1 is 0.818 bits per heavy atom. The van der Waals surface area contributed by atoms with Crippen LogP contribution in [0.5, 0.6) is 0 Å². The lowest BCUT2D eigenvalue weighted by molar-refractivity contribution is -0.142. The van der Waals surface area contributed by atoms with Crippen molar-refractivity contribution in [3.8, 4) is 0 Å². The van der Waals surface area contributed by atoms with Crippen LogP contribution in [0.15, 0.2) is 24.3 Å². The molecule has 0 heterocycles. The van der Waals surface area contributed by atoms with Crippen molar-refractivity contribution in [3.63, 3.8) is 0 Å². The van der Waals surface area contributed by atoms with Crippen LogP contribution in [0.2, 0.25) is 0 Å². The van der Waals surface area contributed by atoms with E-state index in [1.807, 2.05) is 0 Å². The SMILES string of the molecule is CCCCCC1CCC(/C=C/CCC2CCC(c3cc(F)c(C(F)(F)F)c(F)c3)CC2)CC1. The zero-order valence-corrected chi connectivity index (χ0v) is 19.9. The first-order valence-electron chi connectivity index (χ1n) is 13.0. The normalized spacial score (nSPS) is 26.7. The van der Waals surface area contributed by atoms with E-state index in [1.165, 1.54) is 51.4 Å². The van der Waals surface area contributed by atoms with Crippen LogP contribution in [0.1, 0.15) is 114 Å². The van der Waals surface area contributed by atoms with Gasteiger partial charge in [-0.3, -0.25) is 0 Å². The molecule has 2 aliphatic rings. The smallest absolute Gasteiger partial charge is 0.206 e. The molecule has 0 nitrogen and oxygen atoms in total. The molecule has 1 aromatic carbocycles. The van der Waals surface area contributed by atoms with E-state index in [9.17, 15) is 22.0 Å². The molecule has 0 atom stereocenters. The van der Waals surface area contributed by atoms with E-state index in [-0.39, 0.29) is 5.92 Å². The number of halogens is 5. The van der Waals surface area contributed by atoms with Gasteiger partial charge in [-0.1, -0.05) is 44.8 Å². The topological polar surface area (TPSA) is 0 Å². The zero-order valence-electron chi connectivity index (χ0n) is 19.9. The maximum atomic E-state index is 13.9. The van der Waals surface area contributed by atoms with Crippen molar-refractivity contribution in [1.29, 1.82) is 0 Å². The summed E-state index contributed by atoms with van der Waals surface area (Å²) < 4.78 is 66.2. The van der Waals surface area contributed by atoms with Crippen LogP contribution < -0.4 is 0 Å². The van der Waals surface area contributed by atoms with Crippen LogP contribution >= 0.6 is 0 Å². The predicted molar refractivity (Wildman–Crippen MR) is 124 cm³/mol. The summed E-state index contributed by atoms with van der Waals surface area (Å²) in [6.07, 6.45) is 16.2. The van der Waals surface area contributed by atoms with Gasteiger partial charge in [0, 0.05) is 0 Å². The van der Waals surface area contributed by atoms with Gasteiger partial charge >= 0.3 is 6.18 Å². The highest BCUT2D eigenvalue weighted by Crippen LogP contribution is 2.41. The lowest BCUT2D eigenvalue weighted by Gasteiger charge is -2.29. The standard InChI is InChI=1S/C28H39F5/c1-2-3-4-7-20-10-12-21(13-11-20)8-5-6-9-22-14-16-23(17-15-22)24-18-25(29)27(26(30)19-24)28(31,32)33/h5,8,18-23H,2-4,6-7,9-17H2,1H3/b8-5+. The van der Waals surface area contributed by atoms with Crippen molar-refractivity contribution >= 4 is 0 Å². The summed E-state index contributed by atoms with van der Waals surface area (Å²) in [7, 11) is 0. The van der Waals surface area contributed by atoms with Crippen LogP contribution in [-0.4, -0.2) is 0 Å². The fourth-order valence-electron chi connectivity index (χ4n) is 5.86. The van der Waals surface area contributed by atoms with Gasteiger partial charge in [0.05, 0.1) is 0 Å². The average molecular weight is 471 g/mol. The fraction of sp³-hybridized carbons (Fsp3) is 0.714. The minimum Gasteiger partial charge on any atom is -0.206 e. The van der Waals surface area contributed by atoms with Crippen LogP contribution in [0.25, 0.3) is 0 Å². The minimum atomic E-state index is -5.01. The largest absolute Gasteiger partial charge is 0.422 e. The fourth-order valence-corrected chi connectivity index (χ4v) is 5.86. The van der Waals surface area contributed by atoms with Crippen LogP contribution in [0.3, 0.4) is 0 Å². The highest BCUT2D eigenvalue weighted by Gasteiger charge is 2.38. The molecule has 2 fully saturated rings. The number of unbranched alkanes of at least 4 members (excludes halogenated alkanes) is 2. The molecular formula is C28H39F5. The minimum absolute atomic E-state index is 0.0596. The van der Waals surface area contributed by atoms with Crippen molar-refractivity contribution in [1.82, 2.24) is 0 Å². The van der Waals surface area contributed by atoms with Gasteiger partial charge in [0.2, 0.25) is 0 Å². The highest BCUT2D eigenvalue weighted by atomic mass is 19.4. The Balaban J connectivity index is 1.37. The summed E-state index contributed by atoms with van der Waals surface area (Å²) in [6.45, 7) is 2.26. The van der Waals surface area contributed by atoms with E-state index in [2.05, 4.69) is 19.1 Å². The molecule has 3 rings (SSSR count). The van der Waals surface area contributed by atoms with Gasteiger partial charge in [0.1, 0.15) is 17.2 Å². The first-order chi connectivity index (χ1) is 15.8. The number of rotatable bonds is 9. The van der Waals surface area contributed by atoms with Crippen molar-refractivity contribution in [2.45, 2.75) is 109 Å². The second kappa shape index (κ2) is 12.4. The second-order valence-electron chi connectivity index (χ2n) is 10.4. The van der Waals surface area contributed by atoms with Gasteiger partial charge in [-0.2, -0.15) is 13.2 Å². The Bertz CT molecular complexity index is 727. The van der Waals surface area contributed by atoms with Gasteiger partial charge in [-0.25, -0.2) is 8.78 Å². The second-order valence-corrected chi connectivity index (χ2v) is 10.4. The van der Waals surface area contributed by atoms with E-state index >= 15 is 0 Å². The quantitative estimate of drug-likeness (QED) is 0.191. The molecule has 0 unspecified atom stereocenters. The Kier molecular flexibility index (Phi) is 9.81. The molecule has 0 bridgehead atoms. The zero-order chi connectivity index (χ0) is 23.8. The third kappa shape index (κ3) is 7.82. The molecule has 33 heavy (non-hydrogen) atoms. The third-order valence-electron chi connectivity index (χ3n) is 7.92. The molecule has 2 aliphatic carbocycles. The number of alkyl halides is 3. The van der Waals surface area contributed by atoms with E-state index in [0.717, 1.165) is 62.5 Å². The molecular weight excluding hydrogens is 431 g/mol. The molecule has 1 aromatic rings. The summed E-state index contributed by atoms with van der Waals surface area (Å²) in [5.74, 6) is -0.810. The molecule has 2 saturated carbocycles. The van der Waals surface area contributed by atoms with Crippen LogP contribution in [0, 0.1) is 29.4 Å². The highest BCUT2D eigenvalue weighted by molar-refractivity contribution is 5.30. The summed E-state index contributed by atoms with van der Waals surface area (Å²) >= 11 is 0. The maximum Gasteiger partial charge on any atom is 0.422 e. The summed E-state index contributed by atoms with van der Waals surface area (Å²) in [5.41, 5.74) is -1.42. The van der Waals surface area contributed by atoms with E-state index < -0.39 is 23.4 Å². The Hall–Kier alpha value is -1.39. The first-order valence-corrected chi connectivity index (χ1v) is 13.0. The molecule has 0 N–H and O–H groups in total. The number of hydrogen-bond donors (Lipinski definition) is 0. The Morgan fingerprint density at radius 2 is 1.39 bits per heavy atom. The number of benzene rings is 1. The van der Waals surface area contributed by atoms with Crippen molar-refractivity contribution in [2.75, 3.05) is 0 Å². The van der Waals surface area contributed by atoms with Crippen molar-refractivity contribution < 1.29 is 22.0 Å². The molecule has 186 valence electrons. The van der Waals surface area contributed by atoms with Gasteiger partial charge in [-0.05, 0) is 106 Å². The van der Waals surface area contributed by atoms with Crippen LogP contribution in [0.4, 0.5) is 22.0 Å². The third-order valence-corrected chi connectivity index (χ3v) is 7.92. The lowest BCUT2D eigenvalue weighted by atomic mass is 9.77. The lowest BCUT2D eigenvalue weighted by Crippen LogP contribution is -2.16. The molecule has 0 aliphatic heterocycles. The van der Waals surface area contributed by atoms with Crippen molar-refractivity contribution in [2.24, 2.45) is 17.8 Å². The molecule has 0 spiro atoms. The number of hydrogen-bond acceptors (Lipinski definition) is 0. The maximum absolute atomic E-state index is 13.9. The van der Waals surface area contributed by atoms with Crippen molar-refractivity contribution in [3.05, 3.63) is 47.0 Å². The summed E-state index contributed by atoms with van der Waals surface area (Å²) in [4.78, 5) is 0. The first kappa shape index (κ1) is 26.2. The van der Waals surface area contributed by atoms with Gasteiger partial charge < -0.3 is 0 Å². The molecule has 0 amide bonds. The van der Waals surface area contributed by atoms with E-state index in [4.69, 9.17) is 0 Å². The Labute approximate surface area is 196 Å². The molecule has 0 radical (unpaired) electrons. The van der Waals surface area contributed by atoms with Crippen LogP contribution in [-0.2, 0) is 6.18 Å². The summed E-state index contributed by atoms with van der Waals surface area (Å²) in [6, 6.07) is 1.77. The molecule has 0 saturated heterocycles. The van der Waals surface area contributed by atoms with Gasteiger partial charge in [0.15, 0.2) is 0 Å². The molecule has 0 aromatic heterocycles.